The highest BCUT2D eigenvalue weighted by Crippen LogP contribution is 2.19. The maximum absolute atomic E-state index is 12.2. The summed E-state index contributed by atoms with van der Waals surface area (Å²) in [6.07, 6.45) is 2.28. The molecule has 1 aromatic rings. The van der Waals surface area contributed by atoms with Gasteiger partial charge in [0.1, 0.15) is 0 Å². The third-order valence-corrected chi connectivity index (χ3v) is 4.60. The first-order chi connectivity index (χ1) is 9.79. The van der Waals surface area contributed by atoms with Gasteiger partial charge in [0, 0.05) is 26.0 Å². The maximum Gasteiger partial charge on any atom is 0.232 e. The van der Waals surface area contributed by atoms with E-state index >= 15 is 0 Å². The van der Waals surface area contributed by atoms with Crippen molar-refractivity contribution in [3.8, 4) is 0 Å². The Morgan fingerprint density at radius 2 is 2.20 bits per heavy atom. The molecule has 20 heavy (non-hydrogen) atoms. The minimum Gasteiger partial charge on any atom is -0.384 e. The van der Waals surface area contributed by atoms with Gasteiger partial charge in [-0.15, -0.1) is 11.8 Å². The Morgan fingerprint density at radius 3 is 2.95 bits per heavy atom. The predicted octanol–water partition coefficient (Wildman–Crippen LogP) is 2.80. The van der Waals surface area contributed by atoms with E-state index < -0.39 is 0 Å². The Hall–Kier alpha value is -1.00. The zero-order valence-electron chi connectivity index (χ0n) is 12.1. The third-order valence-electron chi connectivity index (χ3n) is 3.61. The Labute approximate surface area is 125 Å². The Bertz CT molecular complexity index is 408. The molecular formula is C16H23NO2S. The molecule has 1 saturated heterocycles. The molecule has 1 aliphatic rings. The first-order valence-electron chi connectivity index (χ1n) is 7.18. The summed E-state index contributed by atoms with van der Waals surface area (Å²) < 4.78 is 5.21. The fourth-order valence-electron chi connectivity index (χ4n) is 2.59. The lowest BCUT2D eigenvalue weighted by Crippen LogP contribution is -2.42. The summed E-state index contributed by atoms with van der Waals surface area (Å²) >= 11 is 1.70. The molecule has 1 aromatic carbocycles. The van der Waals surface area contributed by atoms with Crippen LogP contribution in [0.15, 0.2) is 30.3 Å². The Kier molecular flexibility index (Phi) is 6.40. The van der Waals surface area contributed by atoms with Gasteiger partial charge >= 0.3 is 0 Å². The molecule has 1 aliphatic heterocycles. The summed E-state index contributed by atoms with van der Waals surface area (Å²) in [5.74, 6) is 2.26. The van der Waals surface area contributed by atoms with Gasteiger partial charge in [0.2, 0.25) is 5.91 Å². The van der Waals surface area contributed by atoms with Crippen LogP contribution in [0.2, 0.25) is 0 Å². The van der Waals surface area contributed by atoms with E-state index in [1.807, 2.05) is 23.1 Å². The van der Waals surface area contributed by atoms with Gasteiger partial charge in [-0.1, -0.05) is 30.3 Å². The van der Waals surface area contributed by atoms with E-state index in [9.17, 15) is 4.79 Å². The topological polar surface area (TPSA) is 29.5 Å². The summed E-state index contributed by atoms with van der Waals surface area (Å²) in [4.78, 5) is 14.2. The largest absolute Gasteiger partial charge is 0.384 e. The van der Waals surface area contributed by atoms with E-state index in [1.54, 1.807) is 18.9 Å². The van der Waals surface area contributed by atoms with Crippen molar-refractivity contribution in [1.29, 1.82) is 0 Å². The monoisotopic (exact) mass is 293 g/mol. The highest BCUT2D eigenvalue weighted by Gasteiger charge is 2.23. The summed E-state index contributed by atoms with van der Waals surface area (Å²) in [7, 11) is 1.73. The number of benzene rings is 1. The number of ether oxygens (including phenoxy) is 1. The van der Waals surface area contributed by atoms with Crippen molar-refractivity contribution in [2.75, 3.05) is 32.6 Å². The lowest BCUT2D eigenvalue weighted by atomic mass is 9.99. The van der Waals surface area contributed by atoms with Crippen LogP contribution in [0.5, 0.6) is 0 Å². The van der Waals surface area contributed by atoms with Gasteiger partial charge in [-0.3, -0.25) is 4.79 Å². The van der Waals surface area contributed by atoms with Crippen LogP contribution in [-0.2, 0) is 15.3 Å². The molecule has 0 saturated carbocycles. The molecule has 0 radical (unpaired) electrons. The fraction of sp³-hybridized carbons (Fsp3) is 0.562. The first kappa shape index (κ1) is 15.4. The SMILES string of the molecule is COCC1CCCN(C(=O)CSCc2ccccc2)C1. The number of carbonyl (C=O) groups excluding carboxylic acids is 1. The number of hydrogen-bond donors (Lipinski definition) is 0. The summed E-state index contributed by atoms with van der Waals surface area (Å²) in [5, 5.41) is 0. The molecule has 1 fully saturated rings. The second-order valence-corrected chi connectivity index (χ2v) is 6.27. The maximum atomic E-state index is 12.2. The summed E-state index contributed by atoms with van der Waals surface area (Å²) in [6, 6.07) is 10.3. The van der Waals surface area contributed by atoms with E-state index in [1.165, 1.54) is 12.0 Å². The molecule has 0 spiro atoms. The zero-order valence-corrected chi connectivity index (χ0v) is 12.9. The molecular weight excluding hydrogens is 270 g/mol. The van der Waals surface area contributed by atoms with Crippen LogP contribution in [-0.4, -0.2) is 43.4 Å². The second-order valence-electron chi connectivity index (χ2n) is 5.28. The highest BCUT2D eigenvalue weighted by atomic mass is 32.2. The lowest BCUT2D eigenvalue weighted by molar-refractivity contribution is -0.130. The highest BCUT2D eigenvalue weighted by molar-refractivity contribution is 7.99. The molecule has 4 heteroatoms. The third kappa shape index (κ3) is 4.84. The van der Waals surface area contributed by atoms with Crippen molar-refractivity contribution in [3.63, 3.8) is 0 Å². The van der Waals surface area contributed by atoms with Crippen molar-refractivity contribution in [1.82, 2.24) is 4.90 Å². The summed E-state index contributed by atoms with van der Waals surface area (Å²) in [6.45, 7) is 2.53. The average molecular weight is 293 g/mol. The molecule has 0 N–H and O–H groups in total. The fourth-order valence-corrected chi connectivity index (χ4v) is 3.47. The zero-order chi connectivity index (χ0) is 14.2. The number of carbonyl (C=O) groups is 1. The quantitative estimate of drug-likeness (QED) is 0.808. The van der Waals surface area contributed by atoms with E-state index in [4.69, 9.17) is 4.74 Å². The van der Waals surface area contributed by atoms with Crippen LogP contribution >= 0.6 is 11.8 Å². The number of piperidine rings is 1. The molecule has 0 aliphatic carbocycles. The number of thioether (sulfide) groups is 1. The number of nitrogens with zero attached hydrogens (tertiary/aromatic N) is 1. The molecule has 3 nitrogen and oxygen atoms in total. The predicted molar refractivity (Wildman–Crippen MR) is 83.8 cm³/mol. The van der Waals surface area contributed by atoms with Crippen molar-refractivity contribution in [2.24, 2.45) is 5.92 Å². The van der Waals surface area contributed by atoms with Crippen molar-refractivity contribution in [2.45, 2.75) is 18.6 Å². The van der Waals surface area contributed by atoms with Gasteiger partial charge in [-0.25, -0.2) is 0 Å². The molecule has 110 valence electrons. The molecule has 1 unspecified atom stereocenters. The van der Waals surface area contributed by atoms with E-state index in [0.29, 0.717) is 11.7 Å². The summed E-state index contributed by atoms with van der Waals surface area (Å²) in [5.41, 5.74) is 1.28. The standard InChI is InChI=1S/C16H23NO2S/c1-19-11-15-8-5-9-17(10-15)16(18)13-20-12-14-6-3-2-4-7-14/h2-4,6-7,15H,5,8-13H2,1H3. The van der Waals surface area contributed by atoms with Gasteiger partial charge in [-0.2, -0.15) is 0 Å². The van der Waals surface area contributed by atoms with Crippen molar-refractivity contribution >= 4 is 17.7 Å². The second kappa shape index (κ2) is 8.32. The molecule has 2 rings (SSSR count). The molecule has 1 heterocycles. The minimum atomic E-state index is 0.270. The average Bonchev–Trinajstić information content (AvgIpc) is 2.49. The van der Waals surface area contributed by atoms with Crippen molar-refractivity contribution in [3.05, 3.63) is 35.9 Å². The molecule has 1 amide bonds. The van der Waals surface area contributed by atoms with Crippen LogP contribution in [0.1, 0.15) is 18.4 Å². The Balaban J connectivity index is 1.71. The van der Waals surface area contributed by atoms with Gasteiger partial charge in [-0.05, 0) is 24.3 Å². The molecule has 1 atom stereocenters. The Morgan fingerprint density at radius 1 is 1.40 bits per heavy atom. The van der Waals surface area contributed by atoms with Crippen LogP contribution in [0.25, 0.3) is 0 Å². The number of methoxy groups -OCH3 is 1. The van der Waals surface area contributed by atoms with Gasteiger partial charge in [0.05, 0.1) is 12.4 Å². The van der Waals surface area contributed by atoms with Crippen molar-refractivity contribution < 1.29 is 9.53 Å². The van der Waals surface area contributed by atoms with E-state index in [0.717, 1.165) is 31.9 Å². The normalized spacial score (nSPS) is 19.1. The smallest absolute Gasteiger partial charge is 0.232 e. The van der Waals surface area contributed by atoms with E-state index in [-0.39, 0.29) is 5.91 Å². The number of rotatable bonds is 6. The van der Waals surface area contributed by atoms with Gasteiger partial charge < -0.3 is 9.64 Å². The van der Waals surface area contributed by atoms with Crippen LogP contribution in [0.3, 0.4) is 0 Å². The minimum absolute atomic E-state index is 0.270. The first-order valence-corrected chi connectivity index (χ1v) is 8.33. The van der Waals surface area contributed by atoms with E-state index in [2.05, 4.69) is 12.1 Å². The molecule has 0 aromatic heterocycles. The molecule has 0 bridgehead atoms. The van der Waals surface area contributed by atoms with Crippen LogP contribution in [0, 0.1) is 5.92 Å². The van der Waals surface area contributed by atoms with Gasteiger partial charge in [0.25, 0.3) is 0 Å². The lowest BCUT2D eigenvalue weighted by Gasteiger charge is -2.32. The van der Waals surface area contributed by atoms with Gasteiger partial charge in [0.15, 0.2) is 0 Å². The number of amides is 1. The van der Waals surface area contributed by atoms with Crippen LogP contribution in [0.4, 0.5) is 0 Å². The number of likely N-dealkylation sites (tertiary alicyclic amines) is 1. The van der Waals surface area contributed by atoms with Crippen LogP contribution < -0.4 is 0 Å². The number of hydrogen-bond acceptors (Lipinski definition) is 3.